The van der Waals surface area contributed by atoms with Gasteiger partial charge in [-0.1, -0.05) is 10.3 Å². The lowest BCUT2D eigenvalue weighted by molar-refractivity contribution is -0.142. The SMILES string of the molecule is CC(=O)O/N=C1/CCCC(=O)/C1=N\OC(C)=O. The molecule has 7 heteroatoms. The summed E-state index contributed by atoms with van der Waals surface area (Å²) >= 11 is 0. The van der Waals surface area contributed by atoms with Gasteiger partial charge in [-0.05, 0) is 12.8 Å². The van der Waals surface area contributed by atoms with Crippen LogP contribution in [0.2, 0.25) is 0 Å². The van der Waals surface area contributed by atoms with E-state index in [1.807, 2.05) is 0 Å². The van der Waals surface area contributed by atoms with E-state index in [9.17, 15) is 14.4 Å². The van der Waals surface area contributed by atoms with Crippen LogP contribution in [0.15, 0.2) is 10.3 Å². The molecule has 0 saturated heterocycles. The first kappa shape index (κ1) is 13.0. The van der Waals surface area contributed by atoms with Crippen LogP contribution in [0.25, 0.3) is 0 Å². The van der Waals surface area contributed by atoms with Crippen LogP contribution in [0.1, 0.15) is 33.1 Å². The first-order valence-corrected chi connectivity index (χ1v) is 5.04. The van der Waals surface area contributed by atoms with Crippen molar-refractivity contribution in [2.75, 3.05) is 0 Å². The van der Waals surface area contributed by atoms with Gasteiger partial charge in [-0.25, -0.2) is 9.59 Å². The standard InChI is InChI=1S/C10H12N2O5/c1-6(13)16-11-8-4-3-5-9(15)10(8)12-17-7(2)14/h3-5H2,1-2H3/b11-8-,12-10-. The highest BCUT2D eigenvalue weighted by molar-refractivity contribution is 6.68. The van der Waals surface area contributed by atoms with Crippen molar-refractivity contribution in [3.63, 3.8) is 0 Å². The van der Waals surface area contributed by atoms with E-state index in [0.29, 0.717) is 19.3 Å². The molecule has 1 fully saturated rings. The van der Waals surface area contributed by atoms with Crippen molar-refractivity contribution < 1.29 is 24.1 Å². The van der Waals surface area contributed by atoms with Crippen molar-refractivity contribution in [1.82, 2.24) is 0 Å². The van der Waals surface area contributed by atoms with E-state index in [-0.39, 0.29) is 17.2 Å². The van der Waals surface area contributed by atoms with Crippen LogP contribution in [0, 0.1) is 0 Å². The van der Waals surface area contributed by atoms with Crippen LogP contribution in [0.5, 0.6) is 0 Å². The summed E-state index contributed by atoms with van der Waals surface area (Å²) in [5.41, 5.74) is 0.158. The minimum atomic E-state index is -0.636. The van der Waals surface area contributed by atoms with E-state index in [2.05, 4.69) is 20.0 Å². The van der Waals surface area contributed by atoms with Crippen LogP contribution in [0.3, 0.4) is 0 Å². The molecule has 7 nitrogen and oxygen atoms in total. The number of hydrogen-bond donors (Lipinski definition) is 0. The summed E-state index contributed by atoms with van der Waals surface area (Å²) in [6.45, 7) is 2.36. The zero-order valence-electron chi connectivity index (χ0n) is 9.56. The van der Waals surface area contributed by atoms with E-state index < -0.39 is 11.9 Å². The Morgan fingerprint density at radius 1 is 1.06 bits per heavy atom. The van der Waals surface area contributed by atoms with Crippen molar-refractivity contribution in [2.45, 2.75) is 33.1 Å². The first-order chi connectivity index (χ1) is 8.00. The van der Waals surface area contributed by atoms with Crippen molar-refractivity contribution in [2.24, 2.45) is 10.3 Å². The van der Waals surface area contributed by atoms with Gasteiger partial charge >= 0.3 is 11.9 Å². The minimum Gasteiger partial charge on any atom is -0.318 e. The smallest absolute Gasteiger partial charge is 0.318 e. The van der Waals surface area contributed by atoms with Gasteiger partial charge in [0.1, 0.15) is 5.71 Å². The molecule has 0 unspecified atom stereocenters. The summed E-state index contributed by atoms with van der Waals surface area (Å²) in [6.07, 6.45) is 1.34. The number of carbonyl (C=O) groups is 3. The van der Waals surface area contributed by atoms with Crippen LogP contribution in [0.4, 0.5) is 0 Å². The number of ketones is 1. The summed E-state index contributed by atoms with van der Waals surface area (Å²) in [7, 11) is 0. The second kappa shape index (κ2) is 5.88. The van der Waals surface area contributed by atoms with Crippen LogP contribution >= 0.6 is 0 Å². The highest BCUT2D eigenvalue weighted by Crippen LogP contribution is 2.11. The molecule has 0 aliphatic heterocycles. The summed E-state index contributed by atoms with van der Waals surface area (Å²) in [5.74, 6) is -1.52. The van der Waals surface area contributed by atoms with Crippen molar-refractivity contribution in [3.05, 3.63) is 0 Å². The Kier molecular flexibility index (Phi) is 4.50. The lowest BCUT2D eigenvalue weighted by Gasteiger charge is -2.12. The predicted octanol–water partition coefficient (Wildman–Crippen LogP) is 0.578. The zero-order chi connectivity index (χ0) is 12.8. The van der Waals surface area contributed by atoms with Gasteiger partial charge < -0.3 is 9.68 Å². The molecule has 0 atom stereocenters. The van der Waals surface area contributed by atoms with Crippen LogP contribution < -0.4 is 0 Å². The third-order valence-electron chi connectivity index (χ3n) is 1.90. The molecule has 0 aromatic heterocycles. The second-order valence-electron chi connectivity index (χ2n) is 3.42. The molecule has 92 valence electrons. The summed E-state index contributed by atoms with van der Waals surface area (Å²) in [5, 5.41) is 6.94. The van der Waals surface area contributed by atoms with Crippen LogP contribution in [-0.4, -0.2) is 29.1 Å². The maximum absolute atomic E-state index is 11.5. The quantitative estimate of drug-likeness (QED) is 0.519. The van der Waals surface area contributed by atoms with E-state index >= 15 is 0 Å². The summed E-state index contributed by atoms with van der Waals surface area (Å²) in [6, 6.07) is 0. The maximum Gasteiger partial charge on any atom is 0.332 e. The van der Waals surface area contributed by atoms with Gasteiger partial charge in [-0.3, -0.25) is 4.79 Å². The normalized spacial score (nSPS) is 20.5. The molecule has 0 aromatic carbocycles. The van der Waals surface area contributed by atoms with E-state index in [1.54, 1.807) is 0 Å². The molecule has 1 saturated carbocycles. The number of carbonyl (C=O) groups excluding carboxylic acids is 3. The summed E-state index contributed by atoms with van der Waals surface area (Å²) in [4.78, 5) is 41.6. The molecule has 1 rings (SSSR count). The van der Waals surface area contributed by atoms with Gasteiger partial charge in [0.05, 0.1) is 0 Å². The maximum atomic E-state index is 11.5. The molecule has 1 aliphatic rings. The Morgan fingerprint density at radius 2 is 1.65 bits per heavy atom. The number of Topliss-reactive ketones (excluding diaryl/α,β-unsaturated/α-hetero) is 1. The molecule has 0 N–H and O–H groups in total. The fraction of sp³-hybridized carbons (Fsp3) is 0.500. The second-order valence-corrected chi connectivity index (χ2v) is 3.42. The summed E-state index contributed by atoms with van der Waals surface area (Å²) < 4.78 is 0. The number of hydrogen-bond acceptors (Lipinski definition) is 7. The number of nitrogens with zero attached hydrogens (tertiary/aromatic N) is 2. The van der Waals surface area contributed by atoms with Gasteiger partial charge in [0.2, 0.25) is 0 Å². The Hall–Kier alpha value is -2.05. The first-order valence-electron chi connectivity index (χ1n) is 5.04. The molecule has 0 amide bonds. The molecule has 0 bridgehead atoms. The molecule has 1 aliphatic carbocycles. The molecule has 0 spiro atoms. The average Bonchev–Trinajstić information content (AvgIpc) is 2.24. The highest BCUT2D eigenvalue weighted by Gasteiger charge is 2.25. The molecule has 0 heterocycles. The van der Waals surface area contributed by atoms with E-state index in [1.165, 1.54) is 13.8 Å². The molecule has 0 aromatic rings. The lowest BCUT2D eigenvalue weighted by atomic mass is 9.95. The Bertz CT molecular complexity index is 411. The number of oxime groups is 2. The van der Waals surface area contributed by atoms with Gasteiger partial charge in [-0.2, -0.15) is 0 Å². The lowest BCUT2D eigenvalue weighted by Crippen LogP contribution is -2.30. The van der Waals surface area contributed by atoms with Gasteiger partial charge in [0.15, 0.2) is 11.5 Å². The third-order valence-corrected chi connectivity index (χ3v) is 1.90. The number of rotatable bonds is 2. The van der Waals surface area contributed by atoms with Crippen molar-refractivity contribution >= 4 is 29.1 Å². The average molecular weight is 240 g/mol. The van der Waals surface area contributed by atoms with Gasteiger partial charge in [0, 0.05) is 20.3 Å². The van der Waals surface area contributed by atoms with Crippen molar-refractivity contribution in [1.29, 1.82) is 0 Å². The fourth-order valence-corrected chi connectivity index (χ4v) is 1.24. The van der Waals surface area contributed by atoms with Crippen molar-refractivity contribution in [3.8, 4) is 0 Å². The zero-order valence-corrected chi connectivity index (χ0v) is 9.56. The molecule has 0 radical (unpaired) electrons. The van der Waals surface area contributed by atoms with E-state index in [4.69, 9.17) is 0 Å². The molecule has 17 heavy (non-hydrogen) atoms. The predicted molar refractivity (Wildman–Crippen MR) is 57.3 cm³/mol. The van der Waals surface area contributed by atoms with Gasteiger partial charge in [-0.15, -0.1) is 0 Å². The Morgan fingerprint density at radius 3 is 2.24 bits per heavy atom. The topological polar surface area (TPSA) is 94.4 Å². The molecular formula is C10H12N2O5. The Labute approximate surface area is 97.4 Å². The Balaban J connectivity index is 2.87. The largest absolute Gasteiger partial charge is 0.332 e. The van der Waals surface area contributed by atoms with Crippen LogP contribution in [-0.2, 0) is 24.1 Å². The highest BCUT2D eigenvalue weighted by atomic mass is 16.7. The third kappa shape index (κ3) is 4.13. The monoisotopic (exact) mass is 240 g/mol. The fourth-order valence-electron chi connectivity index (χ4n) is 1.24. The van der Waals surface area contributed by atoms with E-state index in [0.717, 1.165) is 0 Å². The van der Waals surface area contributed by atoms with Gasteiger partial charge in [0.25, 0.3) is 0 Å². The molecular weight excluding hydrogens is 228 g/mol. The minimum absolute atomic E-state index is 0.0623.